The van der Waals surface area contributed by atoms with E-state index < -0.39 is 0 Å². The summed E-state index contributed by atoms with van der Waals surface area (Å²) in [5.74, 6) is 1.14. The van der Waals surface area contributed by atoms with Crippen molar-refractivity contribution in [3.63, 3.8) is 0 Å². The molecule has 4 aromatic rings. The topological polar surface area (TPSA) is 94.9 Å². The Bertz CT molecular complexity index is 1210. The number of para-hydroxylation sites is 1. The summed E-state index contributed by atoms with van der Waals surface area (Å²) in [6, 6.07) is 16.4. The number of H-pyrrole nitrogens is 1. The molecular weight excluding hydrogens is 394 g/mol. The maximum absolute atomic E-state index is 12.5. The van der Waals surface area contributed by atoms with Crippen LogP contribution < -0.4 is 4.74 Å². The van der Waals surface area contributed by atoms with Crippen LogP contribution in [0.2, 0.25) is 0 Å². The number of fused-ring (bicyclic) bond motifs is 1. The van der Waals surface area contributed by atoms with Gasteiger partial charge < -0.3 is 14.5 Å². The molecule has 31 heavy (non-hydrogen) atoms. The summed E-state index contributed by atoms with van der Waals surface area (Å²) in [6.07, 6.45) is 2.98. The molecule has 1 aliphatic carbocycles. The van der Waals surface area contributed by atoms with Gasteiger partial charge in [0.2, 0.25) is 0 Å². The lowest BCUT2D eigenvalue weighted by Crippen LogP contribution is -2.10. The van der Waals surface area contributed by atoms with Crippen LogP contribution in [0, 0.1) is 0 Å². The number of aromatic nitrogens is 5. The predicted octanol–water partition coefficient (Wildman–Crippen LogP) is 3.84. The van der Waals surface area contributed by atoms with Gasteiger partial charge in [-0.25, -0.2) is 4.68 Å². The van der Waals surface area contributed by atoms with Gasteiger partial charge in [-0.2, -0.15) is 0 Å². The van der Waals surface area contributed by atoms with Crippen LogP contribution >= 0.6 is 0 Å². The summed E-state index contributed by atoms with van der Waals surface area (Å²) in [4.78, 5) is 16.0. The van der Waals surface area contributed by atoms with Crippen molar-refractivity contribution in [2.24, 2.45) is 0 Å². The number of carbonyl (C=O) groups is 1. The van der Waals surface area contributed by atoms with Crippen molar-refractivity contribution in [3.8, 4) is 17.0 Å². The van der Waals surface area contributed by atoms with Gasteiger partial charge in [-0.15, -0.1) is 5.10 Å². The molecule has 1 aliphatic rings. The van der Waals surface area contributed by atoms with E-state index in [-0.39, 0.29) is 19.0 Å². The Morgan fingerprint density at radius 2 is 1.97 bits per heavy atom. The third-order valence-corrected chi connectivity index (χ3v) is 5.59. The molecule has 0 amide bonds. The first-order valence-corrected chi connectivity index (χ1v) is 10.4. The summed E-state index contributed by atoms with van der Waals surface area (Å²) in [7, 11) is 1.65. The first kappa shape index (κ1) is 19.3. The van der Waals surface area contributed by atoms with Gasteiger partial charge in [-0.05, 0) is 71.1 Å². The van der Waals surface area contributed by atoms with Crippen LogP contribution in [0.3, 0.4) is 0 Å². The Labute approximate surface area is 179 Å². The average Bonchev–Trinajstić information content (AvgIpc) is 3.42. The molecule has 0 spiro atoms. The van der Waals surface area contributed by atoms with Gasteiger partial charge in [-0.1, -0.05) is 18.2 Å². The Kier molecular flexibility index (Phi) is 5.11. The molecule has 0 atom stereocenters. The number of hydrogen-bond donors (Lipinski definition) is 1. The normalized spacial score (nSPS) is 13.5. The molecule has 2 aromatic heterocycles. The molecule has 0 radical (unpaired) electrons. The largest absolute Gasteiger partial charge is 0.497 e. The number of carbonyl (C=O) groups excluding carboxylic acids is 1. The Balaban J connectivity index is 1.32. The van der Waals surface area contributed by atoms with E-state index in [1.807, 2.05) is 42.5 Å². The highest BCUT2D eigenvalue weighted by Gasteiger charge is 2.28. The molecule has 8 heteroatoms. The van der Waals surface area contributed by atoms with Crippen LogP contribution in [0.5, 0.6) is 5.75 Å². The molecule has 0 saturated heterocycles. The molecule has 0 unspecified atom stereocenters. The second kappa shape index (κ2) is 8.22. The average molecular weight is 417 g/mol. The zero-order valence-corrected chi connectivity index (χ0v) is 17.2. The maximum Gasteiger partial charge on any atom is 0.306 e. The molecule has 2 heterocycles. The number of benzene rings is 2. The monoisotopic (exact) mass is 417 g/mol. The van der Waals surface area contributed by atoms with Gasteiger partial charge in [-0.3, -0.25) is 4.79 Å². The molecule has 1 saturated carbocycles. The first-order valence-electron chi connectivity index (χ1n) is 10.4. The fraction of sp³-hybridized carbons (Fsp3) is 0.304. The Hall–Kier alpha value is -3.68. The van der Waals surface area contributed by atoms with E-state index in [1.54, 1.807) is 11.8 Å². The highest BCUT2D eigenvalue weighted by Crippen LogP contribution is 2.34. The number of ether oxygens (including phenoxy) is 2. The number of aryl methyl sites for hydroxylation is 1. The first-order chi connectivity index (χ1) is 15.2. The number of aromatic amines is 1. The molecule has 2 aromatic carbocycles. The lowest BCUT2D eigenvalue weighted by atomic mass is 10.0. The Morgan fingerprint density at radius 1 is 1.16 bits per heavy atom. The highest BCUT2D eigenvalue weighted by atomic mass is 16.5. The number of methoxy groups -OCH3 is 1. The predicted molar refractivity (Wildman–Crippen MR) is 114 cm³/mol. The second-order valence-electron chi connectivity index (χ2n) is 7.68. The highest BCUT2D eigenvalue weighted by molar-refractivity contribution is 5.91. The smallest absolute Gasteiger partial charge is 0.306 e. The van der Waals surface area contributed by atoms with Gasteiger partial charge >= 0.3 is 5.97 Å². The van der Waals surface area contributed by atoms with Crippen LogP contribution in [0.4, 0.5) is 0 Å². The van der Waals surface area contributed by atoms with E-state index in [1.165, 1.54) is 0 Å². The van der Waals surface area contributed by atoms with Crippen LogP contribution in [0.1, 0.15) is 36.7 Å². The van der Waals surface area contributed by atoms with Crippen molar-refractivity contribution < 1.29 is 14.3 Å². The lowest BCUT2D eigenvalue weighted by Gasteiger charge is -2.08. The zero-order chi connectivity index (χ0) is 21.2. The third-order valence-electron chi connectivity index (χ3n) is 5.59. The van der Waals surface area contributed by atoms with Crippen molar-refractivity contribution in [2.45, 2.75) is 38.3 Å². The molecule has 1 fully saturated rings. The van der Waals surface area contributed by atoms with E-state index in [0.717, 1.165) is 46.3 Å². The van der Waals surface area contributed by atoms with Crippen LogP contribution in [0.15, 0.2) is 48.5 Å². The van der Waals surface area contributed by atoms with E-state index in [9.17, 15) is 4.79 Å². The number of nitrogens with one attached hydrogen (secondary N) is 1. The van der Waals surface area contributed by atoms with Crippen LogP contribution in [-0.4, -0.2) is 38.3 Å². The standard InChI is InChI=1S/C23H23N5O3/c1-30-17-10-6-15(7-11-17)23-19(18-4-2-3-5-20(18)24-23)12-13-22(29)31-14-21-25-26-27-28(21)16-8-9-16/h2-7,10-11,16,24H,8-9,12-14H2,1H3. The molecular formula is C23H23N5O3. The molecule has 0 aliphatic heterocycles. The number of rotatable bonds is 8. The van der Waals surface area contributed by atoms with Crippen LogP contribution in [-0.2, 0) is 22.6 Å². The fourth-order valence-electron chi connectivity index (χ4n) is 3.82. The molecule has 8 nitrogen and oxygen atoms in total. The Morgan fingerprint density at radius 3 is 2.74 bits per heavy atom. The SMILES string of the molecule is COc1ccc(-c2[nH]c3ccccc3c2CCC(=O)OCc2nnnn2C2CC2)cc1. The summed E-state index contributed by atoms with van der Waals surface area (Å²) in [5.41, 5.74) is 4.19. The van der Waals surface area contributed by atoms with Gasteiger partial charge in [0.05, 0.1) is 13.2 Å². The molecule has 0 bridgehead atoms. The van der Waals surface area contributed by atoms with Crippen molar-refractivity contribution in [1.82, 2.24) is 25.2 Å². The summed E-state index contributed by atoms with van der Waals surface area (Å²) in [6.45, 7) is 0.0988. The van der Waals surface area contributed by atoms with E-state index in [4.69, 9.17) is 9.47 Å². The summed E-state index contributed by atoms with van der Waals surface area (Å²) in [5, 5.41) is 12.8. The van der Waals surface area contributed by atoms with E-state index in [2.05, 4.69) is 26.6 Å². The van der Waals surface area contributed by atoms with Crippen molar-refractivity contribution >= 4 is 16.9 Å². The third kappa shape index (κ3) is 4.01. The molecule has 5 rings (SSSR count). The minimum absolute atomic E-state index is 0.0988. The fourth-order valence-corrected chi connectivity index (χ4v) is 3.82. The summed E-state index contributed by atoms with van der Waals surface area (Å²) < 4.78 is 12.5. The van der Waals surface area contributed by atoms with Crippen LogP contribution in [0.25, 0.3) is 22.2 Å². The second-order valence-corrected chi connectivity index (χ2v) is 7.68. The maximum atomic E-state index is 12.5. The van der Waals surface area contributed by atoms with Crippen molar-refractivity contribution in [2.75, 3.05) is 7.11 Å². The minimum Gasteiger partial charge on any atom is -0.497 e. The quantitative estimate of drug-likeness (QED) is 0.438. The molecule has 158 valence electrons. The molecule has 1 N–H and O–H groups in total. The van der Waals surface area contributed by atoms with Gasteiger partial charge in [0.25, 0.3) is 0 Å². The number of tetrazole rings is 1. The number of hydrogen-bond acceptors (Lipinski definition) is 6. The number of esters is 1. The van der Waals surface area contributed by atoms with Crippen molar-refractivity contribution in [1.29, 1.82) is 0 Å². The zero-order valence-electron chi connectivity index (χ0n) is 17.2. The van der Waals surface area contributed by atoms with Gasteiger partial charge in [0.1, 0.15) is 5.75 Å². The van der Waals surface area contributed by atoms with E-state index in [0.29, 0.717) is 18.3 Å². The van der Waals surface area contributed by atoms with E-state index >= 15 is 0 Å². The number of nitrogens with zero attached hydrogens (tertiary/aromatic N) is 4. The van der Waals surface area contributed by atoms with Gasteiger partial charge in [0.15, 0.2) is 12.4 Å². The minimum atomic E-state index is -0.267. The lowest BCUT2D eigenvalue weighted by molar-refractivity contribution is -0.145. The summed E-state index contributed by atoms with van der Waals surface area (Å²) >= 11 is 0. The van der Waals surface area contributed by atoms with Gasteiger partial charge in [0, 0.05) is 23.0 Å². The van der Waals surface area contributed by atoms with Crippen molar-refractivity contribution in [3.05, 3.63) is 59.9 Å².